The van der Waals surface area contributed by atoms with Gasteiger partial charge in [0.1, 0.15) is 17.7 Å². The number of methoxy groups -OCH3 is 1. The summed E-state index contributed by atoms with van der Waals surface area (Å²) in [6.45, 7) is 2.13. The Kier molecular flexibility index (Phi) is 9.51. The molecule has 0 amide bonds. The Bertz CT molecular complexity index is 1250. The van der Waals surface area contributed by atoms with E-state index in [9.17, 15) is 18.3 Å². The van der Waals surface area contributed by atoms with Crippen molar-refractivity contribution in [3.8, 4) is 5.75 Å². The van der Waals surface area contributed by atoms with Crippen LogP contribution >= 0.6 is 11.8 Å². The lowest BCUT2D eigenvalue weighted by Gasteiger charge is -2.41. The highest BCUT2D eigenvalue weighted by Gasteiger charge is 2.35. The summed E-state index contributed by atoms with van der Waals surface area (Å²) in [5.74, 6) is -1.95. The Balaban J connectivity index is 1.35. The highest BCUT2D eigenvalue weighted by molar-refractivity contribution is 7.99. The van der Waals surface area contributed by atoms with Crippen molar-refractivity contribution < 1.29 is 27.4 Å². The molecule has 206 valence electrons. The molecular formula is C28H33F4N3O2S. The SMILES string of the molecule is COc1ccc2ncc(CN)c(C(F)CCC3(CO)CCN(CCSc4cc(F)cc(F)c4F)CC3)c2c1. The van der Waals surface area contributed by atoms with Crippen molar-refractivity contribution in [1.29, 1.82) is 0 Å². The van der Waals surface area contributed by atoms with E-state index in [0.29, 0.717) is 78.5 Å². The number of nitrogens with zero attached hydrogens (tertiary/aromatic N) is 2. The maximum atomic E-state index is 15.8. The number of aromatic nitrogens is 1. The number of aliphatic hydroxyl groups excluding tert-OH is 1. The minimum atomic E-state index is -1.27. The number of benzene rings is 2. The first-order chi connectivity index (χ1) is 18.3. The summed E-state index contributed by atoms with van der Waals surface area (Å²) in [4.78, 5) is 6.54. The van der Waals surface area contributed by atoms with Crippen LogP contribution in [-0.2, 0) is 6.54 Å². The Morgan fingerprint density at radius 2 is 1.95 bits per heavy atom. The Hall–Kier alpha value is -2.40. The number of pyridine rings is 1. The number of thioether (sulfide) groups is 1. The molecule has 2 heterocycles. The smallest absolute Gasteiger partial charge is 0.172 e. The molecule has 0 spiro atoms. The van der Waals surface area contributed by atoms with Crippen LogP contribution in [0.1, 0.15) is 43.0 Å². The van der Waals surface area contributed by atoms with E-state index in [1.54, 1.807) is 31.5 Å². The van der Waals surface area contributed by atoms with Crippen LogP contribution in [0.3, 0.4) is 0 Å². The number of alkyl halides is 1. The van der Waals surface area contributed by atoms with Crippen LogP contribution in [0.5, 0.6) is 5.75 Å². The van der Waals surface area contributed by atoms with E-state index in [1.165, 1.54) is 0 Å². The van der Waals surface area contributed by atoms with Crippen LogP contribution in [0, 0.1) is 22.9 Å². The largest absolute Gasteiger partial charge is 0.497 e. The molecule has 1 saturated heterocycles. The quantitative estimate of drug-likeness (QED) is 0.179. The fourth-order valence-electron chi connectivity index (χ4n) is 5.13. The molecule has 0 radical (unpaired) electrons. The molecule has 38 heavy (non-hydrogen) atoms. The first kappa shape index (κ1) is 28.6. The number of rotatable bonds is 11. The van der Waals surface area contributed by atoms with Gasteiger partial charge >= 0.3 is 0 Å². The molecule has 0 bridgehead atoms. The molecule has 1 aliphatic rings. The molecule has 1 aliphatic heterocycles. The maximum absolute atomic E-state index is 15.8. The highest BCUT2D eigenvalue weighted by atomic mass is 32.2. The number of fused-ring (bicyclic) bond motifs is 1. The summed E-state index contributed by atoms with van der Waals surface area (Å²) in [5.41, 5.74) is 7.37. The molecular weight excluding hydrogens is 518 g/mol. The number of hydrogen-bond acceptors (Lipinski definition) is 6. The highest BCUT2D eigenvalue weighted by Crippen LogP contribution is 2.41. The van der Waals surface area contributed by atoms with Crippen LogP contribution in [0.4, 0.5) is 17.6 Å². The lowest BCUT2D eigenvalue weighted by Crippen LogP contribution is -2.42. The third-order valence-corrected chi connectivity index (χ3v) is 8.53. The van der Waals surface area contributed by atoms with Gasteiger partial charge in [0.05, 0.1) is 12.6 Å². The van der Waals surface area contributed by atoms with Crippen molar-refractivity contribution in [2.24, 2.45) is 11.1 Å². The second kappa shape index (κ2) is 12.6. The molecule has 5 nitrogen and oxygen atoms in total. The average molecular weight is 552 g/mol. The molecule has 2 aromatic carbocycles. The summed E-state index contributed by atoms with van der Waals surface area (Å²) in [6, 6.07) is 6.90. The van der Waals surface area contributed by atoms with E-state index in [1.807, 2.05) is 0 Å². The van der Waals surface area contributed by atoms with E-state index < -0.39 is 29.0 Å². The number of nitrogens with two attached hydrogens (primary N) is 1. The van der Waals surface area contributed by atoms with E-state index in [4.69, 9.17) is 10.5 Å². The van der Waals surface area contributed by atoms with Crippen molar-refractivity contribution in [2.75, 3.05) is 39.1 Å². The van der Waals surface area contributed by atoms with Crippen molar-refractivity contribution in [2.45, 2.75) is 43.3 Å². The lowest BCUT2D eigenvalue weighted by molar-refractivity contribution is 0.0322. The number of hydrogen-bond donors (Lipinski definition) is 2. The van der Waals surface area contributed by atoms with Gasteiger partial charge in [-0.3, -0.25) is 4.98 Å². The number of likely N-dealkylation sites (tertiary alicyclic amines) is 1. The van der Waals surface area contributed by atoms with E-state index >= 15 is 4.39 Å². The van der Waals surface area contributed by atoms with Gasteiger partial charge in [0.25, 0.3) is 0 Å². The van der Waals surface area contributed by atoms with Gasteiger partial charge in [-0.05, 0) is 74.0 Å². The monoisotopic (exact) mass is 551 g/mol. The summed E-state index contributed by atoms with van der Waals surface area (Å²) in [7, 11) is 1.56. The first-order valence-electron chi connectivity index (χ1n) is 12.7. The number of ether oxygens (including phenoxy) is 1. The second-order valence-electron chi connectivity index (χ2n) is 9.84. The van der Waals surface area contributed by atoms with Crippen LogP contribution in [0.2, 0.25) is 0 Å². The molecule has 1 atom stereocenters. The van der Waals surface area contributed by atoms with Crippen molar-refractivity contribution in [1.82, 2.24) is 9.88 Å². The third kappa shape index (κ3) is 6.42. The minimum Gasteiger partial charge on any atom is -0.497 e. The van der Waals surface area contributed by atoms with Gasteiger partial charge in [-0.2, -0.15) is 0 Å². The number of aliphatic hydroxyl groups is 1. The zero-order valence-electron chi connectivity index (χ0n) is 21.4. The van der Waals surface area contributed by atoms with Gasteiger partial charge in [-0.15, -0.1) is 11.8 Å². The molecule has 3 aromatic rings. The third-order valence-electron chi connectivity index (χ3n) is 7.54. The van der Waals surface area contributed by atoms with Crippen molar-refractivity contribution >= 4 is 22.7 Å². The molecule has 1 aromatic heterocycles. The van der Waals surface area contributed by atoms with E-state index in [2.05, 4.69) is 9.88 Å². The molecule has 1 fully saturated rings. The van der Waals surface area contributed by atoms with Gasteiger partial charge in [0.2, 0.25) is 0 Å². The summed E-state index contributed by atoms with van der Waals surface area (Å²) in [6.07, 6.45) is 2.49. The fourth-order valence-corrected chi connectivity index (χ4v) is 6.12. The van der Waals surface area contributed by atoms with Crippen molar-refractivity contribution in [3.05, 3.63) is 65.1 Å². The standard InChI is InChI=1S/C28H33F4N3O2S/c1-37-20-2-3-24-21(14-20)26(18(15-33)16-34-24)22(30)4-5-28(17-36)6-8-35(9-7-28)10-11-38-25-13-19(29)12-23(31)27(25)32/h2-3,12-14,16,22,36H,4-11,15,17,33H2,1H3. The predicted octanol–water partition coefficient (Wildman–Crippen LogP) is 5.78. The Morgan fingerprint density at radius 1 is 1.18 bits per heavy atom. The summed E-state index contributed by atoms with van der Waals surface area (Å²) < 4.78 is 61.9. The van der Waals surface area contributed by atoms with Crippen LogP contribution < -0.4 is 10.5 Å². The molecule has 10 heteroatoms. The first-order valence-corrected chi connectivity index (χ1v) is 13.7. The molecule has 0 saturated carbocycles. The maximum Gasteiger partial charge on any atom is 0.172 e. The van der Waals surface area contributed by atoms with Gasteiger partial charge < -0.3 is 20.5 Å². The van der Waals surface area contributed by atoms with Crippen molar-refractivity contribution in [3.63, 3.8) is 0 Å². The molecule has 4 rings (SSSR count). The van der Waals surface area contributed by atoms with E-state index in [0.717, 1.165) is 17.8 Å². The van der Waals surface area contributed by atoms with Crippen LogP contribution in [0.15, 0.2) is 41.4 Å². The topological polar surface area (TPSA) is 71.6 Å². The lowest BCUT2D eigenvalue weighted by atomic mass is 9.74. The van der Waals surface area contributed by atoms with Gasteiger partial charge in [-0.1, -0.05) is 0 Å². The van der Waals surface area contributed by atoms with Crippen LogP contribution in [-0.4, -0.2) is 54.1 Å². The molecule has 1 unspecified atom stereocenters. The number of halogens is 4. The summed E-state index contributed by atoms with van der Waals surface area (Å²) >= 11 is 1.07. The average Bonchev–Trinajstić information content (AvgIpc) is 2.94. The summed E-state index contributed by atoms with van der Waals surface area (Å²) in [5, 5.41) is 10.9. The van der Waals surface area contributed by atoms with Gasteiger partial charge in [0.15, 0.2) is 11.6 Å². The Morgan fingerprint density at radius 3 is 2.63 bits per heavy atom. The zero-order valence-corrected chi connectivity index (χ0v) is 22.2. The van der Waals surface area contributed by atoms with Gasteiger partial charge in [0, 0.05) is 53.6 Å². The normalized spacial score (nSPS) is 16.6. The Labute approximate surface area is 224 Å². The molecule has 3 N–H and O–H groups in total. The van der Waals surface area contributed by atoms with Crippen LogP contribution in [0.25, 0.3) is 10.9 Å². The molecule has 0 aliphatic carbocycles. The van der Waals surface area contributed by atoms with Gasteiger partial charge in [-0.25, -0.2) is 17.6 Å². The second-order valence-corrected chi connectivity index (χ2v) is 11.0. The zero-order chi connectivity index (χ0) is 27.3. The van der Waals surface area contributed by atoms with E-state index in [-0.39, 0.29) is 24.5 Å². The number of piperidine rings is 1. The predicted molar refractivity (Wildman–Crippen MR) is 142 cm³/mol. The fraction of sp³-hybridized carbons (Fsp3) is 0.464. The minimum absolute atomic E-state index is 0.0370.